The predicted octanol–water partition coefficient (Wildman–Crippen LogP) is 5.41. The van der Waals surface area contributed by atoms with Crippen molar-refractivity contribution in [3.05, 3.63) is 20.8 Å². The van der Waals surface area contributed by atoms with Crippen LogP contribution in [0.1, 0.15) is 57.8 Å². The molecular formula is C16H25BrOS. The van der Waals surface area contributed by atoms with Gasteiger partial charge in [0.1, 0.15) is 0 Å². The van der Waals surface area contributed by atoms with Crippen LogP contribution in [0, 0.1) is 11.3 Å². The number of thiophene rings is 1. The van der Waals surface area contributed by atoms with Crippen molar-refractivity contribution in [1.29, 1.82) is 0 Å². The topological polar surface area (TPSA) is 20.2 Å². The van der Waals surface area contributed by atoms with Crippen molar-refractivity contribution in [2.24, 2.45) is 11.3 Å². The molecule has 1 aliphatic rings. The fraction of sp³-hybridized carbons (Fsp3) is 0.750. The molecule has 1 N–H and O–H groups in total. The highest BCUT2D eigenvalue weighted by atomic mass is 79.9. The Bertz CT molecular complexity index is 416. The first-order chi connectivity index (χ1) is 8.85. The van der Waals surface area contributed by atoms with Gasteiger partial charge in [-0.05, 0) is 59.0 Å². The van der Waals surface area contributed by atoms with Crippen LogP contribution in [0.2, 0.25) is 0 Å². The molecule has 1 aromatic rings. The monoisotopic (exact) mass is 344 g/mol. The summed E-state index contributed by atoms with van der Waals surface area (Å²) in [7, 11) is 0. The number of rotatable bonds is 4. The van der Waals surface area contributed by atoms with Gasteiger partial charge in [0.2, 0.25) is 0 Å². The lowest BCUT2D eigenvalue weighted by Crippen LogP contribution is -2.39. The summed E-state index contributed by atoms with van der Waals surface area (Å²) in [5, 5.41) is 12.9. The Balaban J connectivity index is 1.94. The number of hydrogen-bond donors (Lipinski definition) is 1. The summed E-state index contributed by atoms with van der Waals surface area (Å²) in [6.07, 6.45) is 6.30. The minimum absolute atomic E-state index is 0.424. The minimum Gasteiger partial charge on any atom is -0.390 e. The molecule has 1 nitrogen and oxygen atoms in total. The molecule has 0 bridgehead atoms. The third-order valence-corrected chi connectivity index (χ3v) is 6.76. The van der Waals surface area contributed by atoms with E-state index in [1.807, 2.05) is 0 Å². The lowest BCUT2D eigenvalue weighted by Gasteiger charge is -2.42. The first kappa shape index (κ1) is 15.5. The van der Waals surface area contributed by atoms with Gasteiger partial charge in [0.15, 0.2) is 0 Å². The highest BCUT2D eigenvalue weighted by Gasteiger charge is 2.38. The van der Waals surface area contributed by atoms with Crippen molar-refractivity contribution >= 4 is 27.3 Å². The summed E-state index contributed by atoms with van der Waals surface area (Å²) < 4.78 is 1.14. The third-order valence-electron chi connectivity index (χ3n) is 5.06. The van der Waals surface area contributed by atoms with E-state index >= 15 is 0 Å². The molecule has 0 amide bonds. The molecular weight excluding hydrogens is 320 g/mol. The van der Waals surface area contributed by atoms with Gasteiger partial charge in [0.25, 0.3) is 0 Å². The SMILES string of the molecule is CCC(C)(C)C1CCC(O)(Cc2cc(Br)cs2)CC1. The molecule has 3 heteroatoms. The highest BCUT2D eigenvalue weighted by Crippen LogP contribution is 2.44. The molecule has 0 radical (unpaired) electrons. The van der Waals surface area contributed by atoms with Crippen LogP contribution in [0.25, 0.3) is 0 Å². The Morgan fingerprint density at radius 3 is 2.53 bits per heavy atom. The van der Waals surface area contributed by atoms with E-state index < -0.39 is 5.60 Å². The second-order valence-corrected chi connectivity index (χ2v) is 8.66. The largest absolute Gasteiger partial charge is 0.390 e. The summed E-state index contributed by atoms with van der Waals surface area (Å²) in [4.78, 5) is 1.29. The van der Waals surface area contributed by atoms with Gasteiger partial charge >= 0.3 is 0 Å². The maximum absolute atomic E-state index is 10.8. The van der Waals surface area contributed by atoms with Gasteiger partial charge in [-0.1, -0.05) is 27.2 Å². The molecule has 0 spiro atoms. The third kappa shape index (κ3) is 3.83. The second-order valence-electron chi connectivity index (χ2n) is 6.75. The number of aliphatic hydroxyl groups is 1. The smallest absolute Gasteiger partial charge is 0.0696 e. The fourth-order valence-electron chi connectivity index (χ4n) is 3.17. The maximum atomic E-state index is 10.8. The van der Waals surface area contributed by atoms with Crippen molar-refractivity contribution in [2.75, 3.05) is 0 Å². The maximum Gasteiger partial charge on any atom is 0.0696 e. The molecule has 108 valence electrons. The van der Waals surface area contributed by atoms with Crippen LogP contribution >= 0.6 is 27.3 Å². The number of halogens is 1. The zero-order valence-corrected chi connectivity index (χ0v) is 14.6. The van der Waals surface area contributed by atoms with Gasteiger partial charge < -0.3 is 5.11 Å². The molecule has 0 unspecified atom stereocenters. The highest BCUT2D eigenvalue weighted by molar-refractivity contribution is 9.10. The molecule has 0 saturated heterocycles. The van der Waals surface area contributed by atoms with E-state index in [0.717, 1.165) is 29.7 Å². The van der Waals surface area contributed by atoms with Crippen LogP contribution in [0.5, 0.6) is 0 Å². The molecule has 1 saturated carbocycles. The van der Waals surface area contributed by atoms with Crippen LogP contribution in [0.3, 0.4) is 0 Å². The van der Waals surface area contributed by atoms with Crippen molar-refractivity contribution in [2.45, 2.75) is 64.9 Å². The van der Waals surface area contributed by atoms with Gasteiger partial charge in [0, 0.05) is 21.2 Å². The van der Waals surface area contributed by atoms with Crippen molar-refractivity contribution in [1.82, 2.24) is 0 Å². The van der Waals surface area contributed by atoms with Crippen molar-refractivity contribution < 1.29 is 5.11 Å². The Morgan fingerprint density at radius 1 is 1.42 bits per heavy atom. The molecule has 1 aromatic heterocycles. The predicted molar refractivity (Wildman–Crippen MR) is 86.7 cm³/mol. The zero-order valence-electron chi connectivity index (χ0n) is 12.2. The van der Waals surface area contributed by atoms with Gasteiger partial charge in [-0.25, -0.2) is 0 Å². The Kier molecular flexibility index (Phi) is 4.79. The van der Waals surface area contributed by atoms with Crippen molar-refractivity contribution in [3.63, 3.8) is 0 Å². The van der Waals surface area contributed by atoms with Gasteiger partial charge in [-0.3, -0.25) is 0 Å². The molecule has 0 aliphatic heterocycles. The summed E-state index contributed by atoms with van der Waals surface area (Å²) in [6, 6.07) is 2.14. The Labute approximate surface area is 129 Å². The lowest BCUT2D eigenvalue weighted by molar-refractivity contribution is -0.0270. The first-order valence-electron chi connectivity index (χ1n) is 7.30. The average Bonchev–Trinajstić information content (AvgIpc) is 2.74. The molecule has 1 fully saturated rings. The summed E-state index contributed by atoms with van der Waals surface area (Å²) in [5.74, 6) is 0.771. The van der Waals surface area contributed by atoms with Crippen LogP contribution in [-0.2, 0) is 6.42 Å². The van der Waals surface area contributed by atoms with Crippen LogP contribution in [0.15, 0.2) is 15.9 Å². The van der Waals surface area contributed by atoms with Gasteiger partial charge in [-0.15, -0.1) is 11.3 Å². The normalized spacial score (nSPS) is 28.6. The average molecular weight is 345 g/mol. The van der Waals surface area contributed by atoms with E-state index in [0.29, 0.717) is 5.41 Å². The Hall–Kier alpha value is 0.140. The summed E-state index contributed by atoms with van der Waals surface area (Å²) >= 11 is 5.23. The standard InChI is InChI=1S/C16H25BrOS/c1-4-15(2,3)12-5-7-16(18,8-6-12)10-14-9-13(17)11-19-14/h9,11-12,18H,4-8,10H2,1-3H3. The minimum atomic E-state index is -0.468. The van der Waals surface area contributed by atoms with E-state index in [1.165, 1.54) is 24.1 Å². The van der Waals surface area contributed by atoms with Gasteiger partial charge in [-0.2, -0.15) is 0 Å². The molecule has 19 heavy (non-hydrogen) atoms. The van der Waals surface area contributed by atoms with Crippen LogP contribution in [-0.4, -0.2) is 10.7 Å². The molecule has 2 rings (SSSR count). The molecule has 1 aliphatic carbocycles. The van der Waals surface area contributed by atoms with E-state index in [-0.39, 0.29) is 0 Å². The van der Waals surface area contributed by atoms with E-state index in [4.69, 9.17) is 0 Å². The van der Waals surface area contributed by atoms with E-state index in [9.17, 15) is 5.11 Å². The number of hydrogen-bond acceptors (Lipinski definition) is 2. The van der Waals surface area contributed by atoms with Crippen molar-refractivity contribution in [3.8, 4) is 0 Å². The Morgan fingerprint density at radius 2 is 2.05 bits per heavy atom. The van der Waals surface area contributed by atoms with Gasteiger partial charge in [0.05, 0.1) is 5.60 Å². The zero-order chi connectivity index (χ0) is 14.1. The summed E-state index contributed by atoms with van der Waals surface area (Å²) in [6.45, 7) is 7.03. The molecule has 1 heterocycles. The second kappa shape index (κ2) is 5.87. The molecule has 0 aromatic carbocycles. The van der Waals surface area contributed by atoms with Crippen LogP contribution < -0.4 is 0 Å². The fourth-order valence-corrected chi connectivity index (χ4v) is 4.76. The quantitative estimate of drug-likeness (QED) is 0.773. The van der Waals surface area contributed by atoms with Crippen LogP contribution in [0.4, 0.5) is 0 Å². The first-order valence-corrected chi connectivity index (χ1v) is 8.97. The lowest BCUT2D eigenvalue weighted by atomic mass is 9.66. The molecule has 0 atom stereocenters. The summed E-state index contributed by atoms with van der Waals surface area (Å²) in [5.41, 5.74) is -0.0437. The van der Waals surface area contributed by atoms with E-state index in [2.05, 4.69) is 48.1 Å². The van der Waals surface area contributed by atoms with E-state index in [1.54, 1.807) is 11.3 Å².